The van der Waals surface area contributed by atoms with Crippen LogP contribution in [-0.4, -0.2) is 13.4 Å². The molecule has 0 bridgehead atoms. The van der Waals surface area contributed by atoms with Gasteiger partial charge in [-0.1, -0.05) is 18.2 Å². The first-order valence-electron chi connectivity index (χ1n) is 7.90. The van der Waals surface area contributed by atoms with Gasteiger partial charge in [-0.3, -0.25) is 0 Å². The van der Waals surface area contributed by atoms with E-state index in [0.717, 1.165) is 33.2 Å². The number of hydrogen-bond acceptors (Lipinski definition) is 5. The van der Waals surface area contributed by atoms with E-state index in [1.54, 1.807) is 12.1 Å². The molecule has 7 heteroatoms. The lowest BCUT2D eigenvalue weighted by molar-refractivity contribution is 0.598. The van der Waals surface area contributed by atoms with Crippen LogP contribution >= 0.6 is 0 Å². The minimum absolute atomic E-state index is 0.0697. The molecular formula is C19H16N4O2S. The number of para-hydroxylation sites is 1. The molecular weight excluding hydrogens is 348 g/mol. The molecule has 4 rings (SSSR count). The summed E-state index contributed by atoms with van der Waals surface area (Å²) in [5.41, 5.74) is 9.79. The molecule has 0 aliphatic heterocycles. The van der Waals surface area contributed by atoms with Crippen LogP contribution < -0.4 is 16.2 Å². The molecule has 0 atom stereocenters. The summed E-state index contributed by atoms with van der Waals surface area (Å²) in [5, 5.41) is 10.4. The van der Waals surface area contributed by atoms with Crippen molar-refractivity contribution < 1.29 is 8.42 Å². The number of nitrogens with two attached hydrogens (primary N) is 2. The Kier molecular flexibility index (Phi) is 3.75. The largest absolute Gasteiger partial charge is 0.399 e. The zero-order chi connectivity index (χ0) is 18.3. The quantitative estimate of drug-likeness (QED) is 0.381. The van der Waals surface area contributed by atoms with Crippen LogP contribution in [-0.2, 0) is 10.0 Å². The van der Waals surface area contributed by atoms with Crippen LogP contribution in [0.2, 0.25) is 0 Å². The van der Waals surface area contributed by atoms with E-state index >= 15 is 0 Å². The predicted molar refractivity (Wildman–Crippen MR) is 105 cm³/mol. The van der Waals surface area contributed by atoms with Crippen LogP contribution in [0.1, 0.15) is 0 Å². The summed E-state index contributed by atoms with van der Waals surface area (Å²) < 4.78 is 22.8. The number of aromatic nitrogens is 1. The Hall–Kier alpha value is -3.16. The standard InChI is InChI=1S/C19H16N4O2S/c20-12-5-10-16-18(11-12)23-17-4-2-1-3-15(17)19(16)22-13-6-8-14(9-7-13)26(21,24)25/h1-11H,20H2,(H,22,23)(H2,21,24,25). The van der Waals surface area contributed by atoms with Gasteiger partial charge in [-0.15, -0.1) is 0 Å². The van der Waals surface area contributed by atoms with Gasteiger partial charge in [-0.25, -0.2) is 18.5 Å². The number of benzene rings is 3. The van der Waals surface area contributed by atoms with Gasteiger partial charge in [0.15, 0.2) is 0 Å². The number of nitrogen functional groups attached to an aromatic ring is 1. The summed E-state index contributed by atoms with van der Waals surface area (Å²) in [5.74, 6) is 0. The molecule has 0 unspecified atom stereocenters. The summed E-state index contributed by atoms with van der Waals surface area (Å²) in [7, 11) is -3.72. The van der Waals surface area contributed by atoms with Crippen molar-refractivity contribution in [2.45, 2.75) is 4.90 Å². The smallest absolute Gasteiger partial charge is 0.238 e. The fourth-order valence-electron chi connectivity index (χ4n) is 2.92. The zero-order valence-electron chi connectivity index (χ0n) is 13.7. The number of sulfonamides is 1. The Morgan fingerprint density at radius 1 is 0.846 bits per heavy atom. The molecule has 0 radical (unpaired) electrons. The van der Waals surface area contributed by atoms with Crippen molar-refractivity contribution in [1.29, 1.82) is 0 Å². The van der Waals surface area contributed by atoms with E-state index in [1.165, 1.54) is 12.1 Å². The molecule has 26 heavy (non-hydrogen) atoms. The van der Waals surface area contributed by atoms with Gasteiger partial charge in [0.1, 0.15) is 0 Å². The molecule has 0 aliphatic carbocycles. The van der Waals surface area contributed by atoms with Crippen molar-refractivity contribution in [2.24, 2.45) is 5.14 Å². The van der Waals surface area contributed by atoms with E-state index in [4.69, 9.17) is 10.9 Å². The maximum absolute atomic E-state index is 11.4. The van der Waals surface area contributed by atoms with Crippen molar-refractivity contribution in [3.8, 4) is 0 Å². The van der Waals surface area contributed by atoms with Crippen molar-refractivity contribution >= 4 is 48.9 Å². The molecule has 1 heterocycles. The van der Waals surface area contributed by atoms with Crippen molar-refractivity contribution in [1.82, 2.24) is 4.98 Å². The fraction of sp³-hybridized carbons (Fsp3) is 0. The van der Waals surface area contributed by atoms with Gasteiger partial charge in [0.25, 0.3) is 0 Å². The molecule has 1 aromatic heterocycles. The Balaban J connectivity index is 1.89. The number of rotatable bonds is 3. The molecule has 0 fully saturated rings. The Morgan fingerprint density at radius 2 is 1.54 bits per heavy atom. The number of nitrogens with zero attached hydrogens (tertiary/aromatic N) is 1. The van der Waals surface area contributed by atoms with Gasteiger partial charge < -0.3 is 11.1 Å². The number of anilines is 3. The average molecular weight is 364 g/mol. The second kappa shape index (κ2) is 5.98. The summed E-state index contributed by atoms with van der Waals surface area (Å²) in [6.45, 7) is 0. The number of primary sulfonamides is 1. The second-order valence-electron chi connectivity index (χ2n) is 5.97. The minimum Gasteiger partial charge on any atom is -0.399 e. The molecule has 4 aromatic rings. The van der Waals surface area contributed by atoms with Crippen molar-refractivity contribution in [2.75, 3.05) is 11.1 Å². The molecule has 0 spiro atoms. The molecule has 5 N–H and O–H groups in total. The van der Waals surface area contributed by atoms with Crippen LogP contribution in [0.5, 0.6) is 0 Å². The zero-order valence-corrected chi connectivity index (χ0v) is 14.5. The van der Waals surface area contributed by atoms with E-state index in [1.807, 2.05) is 42.5 Å². The summed E-state index contributed by atoms with van der Waals surface area (Å²) in [6.07, 6.45) is 0. The number of nitrogens with one attached hydrogen (secondary N) is 1. The highest BCUT2D eigenvalue weighted by Crippen LogP contribution is 2.34. The van der Waals surface area contributed by atoms with Gasteiger partial charge in [-0.2, -0.15) is 0 Å². The maximum atomic E-state index is 11.4. The maximum Gasteiger partial charge on any atom is 0.238 e. The Morgan fingerprint density at radius 3 is 2.27 bits per heavy atom. The molecule has 3 aromatic carbocycles. The molecule has 0 saturated heterocycles. The van der Waals surface area contributed by atoms with E-state index in [0.29, 0.717) is 5.69 Å². The highest BCUT2D eigenvalue weighted by molar-refractivity contribution is 7.89. The van der Waals surface area contributed by atoms with Gasteiger partial charge >= 0.3 is 0 Å². The van der Waals surface area contributed by atoms with Crippen LogP contribution in [0.25, 0.3) is 21.8 Å². The van der Waals surface area contributed by atoms with Crippen molar-refractivity contribution in [3.63, 3.8) is 0 Å². The summed E-state index contributed by atoms with van der Waals surface area (Å²) in [6, 6.07) is 19.7. The molecule has 130 valence electrons. The third-order valence-corrected chi connectivity index (χ3v) is 5.09. The van der Waals surface area contributed by atoms with E-state index in [2.05, 4.69) is 10.3 Å². The second-order valence-corrected chi connectivity index (χ2v) is 7.54. The predicted octanol–water partition coefficient (Wildman–Crippen LogP) is 3.36. The van der Waals surface area contributed by atoms with E-state index in [-0.39, 0.29) is 4.90 Å². The van der Waals surface area contributed by atoms with Crippen LogP contribution in [0.15, 0.2) is 71.6 Å². The van der Waals surface area contributed by atoms with Gasteiger partial charge in [0.05, 0.1) is 21.6 Å². The molecule has 6 nitrogen and oxygen atoms in total. The van der Waals surface area contributed by atoms with Gasteiger partial charge in [0.2, 0.25) is 10.0 Å². The molecule has 0 amide bonds. The highest BCUT2D eigenvalue weighted by atomic mass is 32.2. The average Bonchev–Trinajstić information content (AvgIpc) is 2.61. The number of fused-ring (bicyclic) bond motifs is 2. The Labute approximate surface area is 150 Å². The summed E-state index contributed by atoms with van der Waals surface area (Å²) >= 11 is 0. The minimum atomic E-state index is -3.72. The topological polar surface area (TPSA) is 111 Å². The third-order valence-electron chi connectivity index (χ3n) is 4.16. The molecule has 0 aliphatic rings. The van der Waals surface area contributed by atoms with Gasteiger partial charge in [-0.05, 0) is 48.5 Å². The monoisotopic (exact) mass is 364 g/mol. The Bertz CT molecular complexity index is 1240. The fourth-order valence-corrected chi connectivity index (χ4v) is 3.43. The normalized spacial score (nSPS) is 11.7. The van der Waals surface area contributed by atoms with Crippen LogP contribution in [0, 0.1) is 0 Å². The van der Waals surface area contributed by atoms with E-state index < -0.39 is 10.0 Å². The number of pyridine rings is 1. The third kappa shape index (κ3) is 2.94. The number of hydrogen-bond donors (Lipinski definition) is 3. The van der Waals surface area contributed by atoms with E-state index in [9.17, 15) is 8.42 Å². The SMILES string of the molecule is Nc1ccc2c(Nc3ccc(S(N)(=O)=O)cc3)c3ccccc3nc2c1. The van der Waals surface area contributed by atoms with Crippen molar-refractivity contribution in [3.05, 3.63) is 66.7 Å². The lowest BCUT2D eigenvalue weighted by Crippen LogP contribution is -2.11. The lowest BCUT2D eigenvalue weighted by Gasteiger charge is -2.14. The summed E-state index contributed by atoms with van der Waals surface area (Å²) in [4.78, 5) is 4.74. The highest BCUT2D eigenvalue weighted by Gasteiger charge is 2.11. The van der Waals surface area contributed by atoms with Gasteiger partial charge in [0, 0.05) is 22.1 Å². The van der Waals surface area contributed by atoms with Crippen LogP contribution in [0.4, 0.5) is 17.1 Å². The lowest BCUT2D eigenvalue weighted by atomic mass is 10.1. The van der Waals surface area contributed by atoms with Crippen LogP contribution in [0.3, 0.4) is 0 Å². The first kappa shape index (κ1) is 16.3. The first-order valence-corrected chi connectivity index (χ1v) is 9.44. The first-order chi connectivity index (χ1) is 12.4. The molecule has 0 saturated carbocycles.